The average Bonchev–Trinajstić information content (AvgIpc) is 2.59. The first-order valence-corrected chi connectivity index (χ1v) is 8.78. The first kappa shape index (κ1) is 16.3. The molecule has 4 rings (SSSR count). The fourth-order valence-electron chi connectivity index (χ4n) is 5.00. The molecule has 0 bridgehead atoms. The number of hydrogen-bond donors (Lipinski definition) is 2. The molecule has 5 nitrogen and oxygen atoms in total. The van der Waals surface area contributed by atoms with E-state index in [9.17, 15) is 10.2 Å². The van der Waals surface area contributed by atoms with Crippen molar-refractivity contribution >= 4 is 0 Å². The number of piperidine rings is 1. The molecule has 2 N–H and O–H groups in total. The highest BCUT2D eigenvalue weighted by molar-refractivity contribution is 5.57. The summed E-state index contributed by atoms with van der Waals surface area (Å²) in [5.74, 6) is 1.21. The van der Waals surface area contributed by atoms with Crippen LogP contribution in [0, 0.1) is 5.92 Å². The van der Waals surface area contributed by atoms with Gasteiger partial charge in [-0.1, -0.05) is 11.6 Å². The van der Waals surface area contributed by atoms with Gasteiger partial charge in [0.15, 0.2) is 17.3 Å². The summed E-state index contributed by atoms with van der Waals surface area (Å²) in [6, 6.07) is 4.21. The third-order valence-corrected chi connectivity index (χ3v) is 6.39. The summed E-state index contributed by atoms with van der Waals surface area (Å²) < 4.78 is 11.7. The molecule has 1 aromatic rings. The summed E-state index contributed by atoms with van der Waals surface area (Å²) in [4.78, 5) is 0. The highest BCUT2D eigenvalue weighted by atomic mass is 16.5. The van der Waals surface area contributed by atoms with Gasteiger partial charge < -0.3 is 24.2 Å². The Morgan fingerprint density at radius 2 is 1.88 bits per heavy atom. The lowest BCUT2D eigenvalue weighted by Gasteiger charge is -2.53. The highest BCUT2D eigenvalue weighted by Crippen LogP contribution is 2.55. The lowest BCUT2D eigenvalue weighted by molar-refractivity contribution is -0.922. The lowest BCUT2D eigenvalue weighted by Crippen LogP contribution is -2.60. The smallest absolute Gasteiger partial charge is 0.161 e. The topological polar surface area (TPSA) is 58.9 Å². The quantitative estimate of drug-likeness (QED) is 0.810. The van der Waals surface area contributed by atoms with Crippen molar-refractivity contribution in [1.82, 2.24) is 0 Å². The molecule has 1 aromatic carbocycles. The van der Waals surface area contributed by atoms with Crippen molar-refractivity contribution in [3.8, 4) is 11.5 Å². The molecule has 2 aliphatic carbocycles. The van der Waals surface area contributed by atoms with E-state index in [2.05, 4.69) is 14.1 Å². The Kier molecular flexibility index (Phi) is 3.55. The number of nitrogens with zero attached hydrogens (tertiary/aromatic N) is 1. The predicted molar refractivity (Wildman–Crippen MR) is 94.7 cm³/mol. The Balaban J connectivity index is 1.98. The molecule has 134 valence electrons. The number of benzene rings is 1. The van der Waals surface area contributed by atoms with Crippen LogP contribution in [0.15, 0.2) is 35.3 Å². The second-order valence-electron chi connectivity index (χ2n) is 7.89. The Morgan fingerprint density at radius 1 is 1.12 bits per heavy atom. The Morgan fingerprint density at radius 3 is 2.56 bits per heavy atom. The largest absolute Gasteiger partial charge is 0.508 e. The van der Waals surface area contributed by atoms with Gasteiger partial charge in [-0.3, -0.25) is 0 Å². The van der Waals surface area contributed by atoms with Crippen LogP contribution in [0.25, 0.3) is 0 Å². The van der Waals surface area contributed by atoms with Crippen molar-refractivity contribution in [2.24, 2.45) is 5.92 Å². The minimum absolute atomic E-state index is 0.141. The number of allylic oxidation sites excluding steroid dienone is 2. The van der Waals surface area contributed by atoms with Crippen LogP contribution in [0.1, 0.15) is 23.5 Å². The molecule has 1 saturated heterocycles. The van der Waals surface area contributed by atoms with E-state index >= 15 is 0 Å². The van der Waals surface area contributed by atoms with Crippen molar-refractivity contribution in [3.63, 3.8) is 0 Å². The number of likely N-dealkylation sites (N-methyl/N-ethyl adjacent to an activating group) is 1. The Labute approximate surface area is 148 Å². The van der Waals surface area contributed by atoms with Gasteiger partial charge in [0.1, 0.15) is 11.8 Å². The van der Waals surface area contributed by atoms with E-state index in [1.807, 2.05) is 18.2 Å². The number of quaternary nitrogens is 1. The zero-order valence-electron chi connectivity index (χ0n) is 15.2. The molecule has 25 heavy (non-hydrogen) atoms. The third-order valence-electron chi connectivity index (χ3n) is 6.39. The van der Waals surface area contributed by atoms with Crippen LogP contribution in [-0.4, -0.2) is 55.6 Å². The summed E-state index contributed by atoms with van der Waals surface area (Å²) in [6.07, 6.45) is 3.86. The van der Waals surface area contributed by atoms with Gasteiger partial charge in [0.2, 0.25) is 0 Å². The lowest BCUT2D eigenvalue weighted by atomic mass is 9.63. The zero-order valence-corrected chi connectivity index (χ0v) is 15.2. The van der Waals surface area contributed by atoms with Crippen molar-refractivity contribution in [1.29, 1.82) is 0 Å². The number of aliphatic hydroxyl groups is 1. The van der Waals surface area contributed by atoms with Crippen molar-refractivity contribution < 1.29 is 24.2 Å². The van der Waals surface area contributed by atoms with Crippen LogP contribution in [-0.2, 0) is 11.2 Å². The number of aliphatic hydroxyl groups excluding tert-OH is 1. The maximum Gasteiger partial charge on any atom is 0.161 e. The zero-order chi connectivity index (χ0) is 17.9. The molecule has 0 aromatic heterocycles. The van der Waals surface area contributed by atoms with Crippen LogP contribution in [0.5, 0.6) is 11.5 Å². The van der Waals surface area contributed by atoms with Crippen LogP contribution in [0.2, 0.25) is 0 Å². The monoisotopic (exact) mass is 344 g/mol. The van der Waals surface area contributed by atoms with Gasteiger partial charge in [-0.25, -0.2) is 0 Å². The molecule has 0 saturated carbocycles. The average molecular weight is 344 g/mol. The molecule has 1 heterocycles. The van der Waals surface area contributed by atoms with Gasteiger partial charge in [0, 0.05) is 24.3 Å². The molecule has 0 radical (unpaired) electrons. The maximum absolute atomic E-state index is 11.0. The highest BCUT2D eigenvalue weighted by Gasteiger charge is 2.53. The van der Waals surface area contributed by atoms with Gasteiger partial charge >= 0.3 is 0 Å². The SMILES string of the molecule is COC1=C(O)C2c3c(ccc(OC)c3O)C[C@H]3C2C(=C1)CC[N+]3(C)C. The van der Waals surface area contributed by atoms with Crippen molar-refractivity contribution in [2.75, 3.05) is 34.9 Å². The molecule has 0 spiro atoms. The van der Waals surface area contributed by atoms with E-state index in [4.69, 9.17) is 9.47 Å². The summed E-state index contributed by atoms with van der Waals surface area (Å²) in [5, 5.41) is 21.8. The molecule has 1 fully saturated rings. The molecule has 2 unspecified atom stereocenters. The second kappa shape index (κ2) is 5.43. The van der Waals surface area contributed by atoms with E-state index in [1.54, 1.807) is 14.2 Å². The Hall–Kier alpha value is -2.14. The normalized spacial score (nSPS) is 29.4. The number of hydrogen-bond acceptors (Lipinski definition) is 4. The fraction of sp³-hybridized carbons (Fsp3) is 0.500. The molecule has 0 amide bonds. The number of rotatable bonds is 2. The van der Waals surface area contributed by atoms with Gasteiger partial charge in [0.05, 0.1) is 40.8 Å². The summed E-state index contributed by atoms with van der Waals surface area (Å²) in [5.41, 5.74) is 3.19. The molecule has 1 aliphatic heterocycles. The minimum Gasteiger partial charge on any atom is -0.508 e. The van der Waals surface area contributed by atoms with E-state index in [-0.39, 0.29) is 23.3 Å². The number of phenols is 1. The first-order chi connectivity index (χ1) is 11.9. The van der Waals surface area contributed by atoms with E-state index in [1.165, 1.54) is 5.57 Å². The summed E-state index contributed by atoms with van der Waals surface area (Å²) in [6.45, 7) is 1.06. The molecule has 3 aliphatic rings. The van der Waals surface area contributed by atoms with E-state index < -0.39 is 0 Å². The maximum atomic E-state index is 11.0. The van der Waals surface area contributed by atoms with Gasteiger partial charge in [-0.05, 0) is 17.7 Å². The number of likely N-dealkylation sites (tertiary alicyclic amines) is 1. The van der Waals surface area contributed by atoms with Crippen LogP contribution >= 0.6 is 0 Å². The summed E-state index contributed by atoms with van der Waals surface area (Å²) >= 11 is 0. The number of ether oxygens (including phenoxy) is 2. The van der Waals surface area contributed by atoms with Crippen LogP contribution in [0.3, 0.4) is 0 Å². The molecule has 5 heteroatoms. The van der Waals surface area contributed by atoms with Gasteiger partial charge in [0.25, 0.3) is 0 Å². The van der Waals surface area contributed by atoms with E-state index in [0.717, 1.165) is 35.0 Å². The molecule has 3 atom stereocenters. The second-order valence-corrected chi connectivity index (χ2v) is 7.89. The van der Waals surface area contributed by atoms with Crippen LogP contribution < -0.4 is 4.74 Å². The third kappa shape index (κ3) is 2.18. The number of methoxy groups -OCH3 is 2. The Bertz CT molecular complexity index is 793. The number of aromatic hydroxyl groups is 1. The number of phenolic OH excluding ortho intramolecular Hbond substituents is 1. The van der Waals surface area contributed by atoms with Gasteiger partial charge in [-0.15, -0.1) is 0 Å². The molecular formula is C20H26NO4+. The molecular weight excluding hydrogens is 318 g/mol. The van der Waals surface area contributed by atoms with E-state index in [0.29, 0.717) is 17.6 Å². The summed E-state index contributed by atoms with van der Waals surface area (Å²) in [7, 11) is 7.66. The number of fused-ring (bicyclic) bond motifs is 2. The van der Waals surface area contributed by atoms with Crippen molar-refractivity contribution in [2.45, 2.75) is 24.8 Å². The standard InChI is InChI=1S/C20H25NO4/c1-21(2)8-7-12-10-15(25-4)20(23)18-16(12)13(21)9-11-5-6-14(24-3)19(22)17(11)18/h5-6,10,13,16,18H,7-9H2,1-4H3,(H-,22,23)/p+1/t13-,16?,18?/m0/s1. The fourth-order valence-corrected chi connectivity index (χ4v) is 5.00. The predicted octanol–water partition coefficient (Wildman–Crippen LogP) is 2.86. The first-order valence-electron chi connectivity index (χ1n) is 8.78. The van der Waals surface area contributed by atoms with Crippen molar-refractivity contribution in [3.05, 3.63) is 46.4 Å². The van der Waals surface area contributed by atoms with Crippen LogP contribution in [0.4, 0.5) is 0 Å². The minimum atomic E-state index is -0.281. The van der Waals surface area contributed by atoms with Gasteiger partial charge in [-0.2, -0.15) is 0 Å².